The van der Waals surface area contributed by atoms with Gasteiger partial charge in [-0.25, -0.2) is 0 Å². The number of thioether (sulfide) groups is 1. The topological polar surface area (TPSA) is 92.8 Å². The van der Waals surface area contributed by atoms with Crippen molar-refractivity contribution in [1.82, 2.24) is 14.8 Å². The highest BCUT2D eigenvalue weighted by Crippen LogP contribution is 2.37. The molecule has 1 aromatic carbocycles. The molecule has 2 aromatic heterocycles. The smallest absolute Gasteiger partial charge is 0.235 e. The Hall–Kier alpha value is -3.09. The number of carbonyl (C=O) groups excluding carboxylic acids is 1. The van der Waals surface area contributed by atoms with Gasteiger partial charge in [0.2, 0.25) is 5.91 Å². The second kappa shape index (κ2) is 11.8. The van der Waals surface area contributed by atoms with Gasteiger partial charge >= 0.3 is 0 Å². The number of ether oxygens (including phenoxy) is 1. The largest absolute Gasteiger partial charge is 0.483 e. The molecule has 4 rings (SSSR count). The van der Waals surface area contributed by atoms with Crippen LogP contribution >= 0.6 is 23.1 Å². The summed E-state index contributed by atoms with van der Waals surface area (Å²) in [5.74, 6) is 1.45. The number of nitriles is 1. The molecule has 0 fully saturated rings. The van der Waals surface area contributed by atoms with Gasteiger partial charge in [0.25, 0.3) is 0 Å². The second-order valence-corrected chi connectivity index (χ2v) is 11.1. The molecule has 0 spiro atoms. The minimum absolute atomic E-state index is 0.162. The van der Waals surface area contributed by atoms with Crippen molar-refractivity contribution >= 4 is 34.0 Å². The number of hydrogen-bond acceptors (Lipinski definition) is 7. The molecule has 0 saturated heterocycles. The van der Waals surface area contributed by atoms with Gasteiger partial charge in [-0.3, -0.25) is 9.36 Å². The van der Waals surface area contributed by atoms with Gasteiger partial charge in [-0.1, -0.05) is 30.3 Å². The molecule has 3 aromatic rings. The number of amides is 1. The zero-order valence-corrected chi connectivity index (χ0v) is 22.6. The fourth-order valence-corrected chi connectivity index (χ4v) is 6.52. The minimum Gasteiger partial charge on any atom is -0.483 e. The summed E-state index contributed by atoms with van der Waals surface area (Å²) in [5, 5.41) is 22.7. The number of allylic oxidation sites excluding steroid dienone is 1. The minimum atomic E-state index is -0.332. The summed E-state index contributed by atoms with van der Waals surface area (Å²) in [6.45, 7) is 10.4. The van der Waals surface area contributed by atoms with Crippen molar-refractivity contribution in [2.45, 2.75) is 70.7 Å². The lowest BCUT2D eigenvalue weighted by atomic mass is 10.1. The quantitative estimate of drug-likeness (QED) is 0.206. The Morgan fingerprint density at radius 2 is 2.03 bits per heavy atom. The first-order valence-corrected chi connectivity index (χ1v) is 14.0. The van der Waals surface area contributed by atoms with Crippen LogP contribution in [0.4, 0.5) is 5.00 Å². The van der Waals surface area contributed by atoms with Crippen molar-refractivity contribution in [3.05, 3.63) is 63.8 Å². The summed E-state index contributed by atoms with van der Waals surface area (Å²) in [6, 6.07) is 8.41. The molecule has 0 radical (unpaired) electrons. The molecule has 1 N–H and O–H groups in total. The van der Waals surface area contributed by atoms with E-state index in [1.54, 1.807) is 17.4 Å². The van der Waals surface area contributed by atoms with E-state index in [0.717, 1.165) is 48.1 Å². The summed E-state index contributed by atoms with van der Waals surface area (Å²) >= 11 is 2.86. The Labute approximate surface area is 220 Å². The normalized spacial score (nSPS) is 13.8. The van der Waals surface area contributed by atoms with Gasteiger partial charge in [-0.2, -0.15) is 5.26 Å². The molecule has 2 heterocycles. The van der Waals surface area contributed by atoms with E-state index in [2.05, 4.69) is 34.2 Å². The highest BCUT2D eigenvalue weighted by atomic mass is 32.2. The van der Waals surface area contributed by atoms with Crippen molar-refractivity contribution in [1.29, 1.82) is 5.26 Å². The summed E-state index contributed by atoms with van der Waals surface area (Å²) in [7, 11) is 0. The number of thiophene rings is 1. The van der Waals surface area contributed by atoms with Crippen LogP contribution in [-0.2, 0) is 24.2 Å². The third-order valence-electron chi connectivity index (χ3n) is 6.05. The molecule has 188 valence electrons. The average molecular weight is 522 g/mol. The Morgan fingerprint density at radius 3 is 2.75 bits per heavy atom. The zero-order chi connectivity index (χ0) is 25.7. The number of benzene rings is 1. The Kier molecular flexibility index (Phi) is 8.49. The van der Waals surface area contributed by atoms with E-state index in [0.29, 0.717) is 28.1 Å². The molecule has 1 atom stereocenters. The van der Waals surface area contributed by atoms with Gasteiger partial charge in [-0.05, 0) is 75.3 Å². The summed E-state index contributed by atoms with van der Waals surface area (Å²) in [5.41, 5.74) is 4.02. The van der Waals surface area contributed by atoms with E-state index in [1.165, 1.54) is 23.1 Å². The third kappa shape index (κ3) is 6.00. The van der Waals surface area contributed by atoms with Gasteiger partial charge in [0, 0.05) is 11.4 Å². The molecule has 0 aliphatic heterocycles. The molecule has 7 nitrogen and oxygen atoms in total. The molecule has 1 unspecified atom stereocenters. The lowest BCUT2D eigenvalue weighted by Gasteiger charge is -2.16. The van der Waals surface area contributed by atoms with E-state index in [1.807, 2.05) is 37.5 Å². The summed E-state index contributed by atoms with van der Waals surface area (Å²) in [4.78, 5) is 14.0. The van der Waals surface area contributed by atoms with Crippen LogP contribution in [0.25, 0.3) is 0 Å². The van der Waals surface area contributed by atoms with Gasteiger partial charge < -0.3 is 10.1 Å². The molecule has 1 amide bonds. The number of aryl methyl sites for hydroxylation is 3. The third-order valence-corrected chi connectivity index (χ3v) is 8.22. The first kappa shape index (κ1) is 26.0. The highest BCUT2D eigenvalue weighted by Gasteiger charge is 2.23. The Bertz CT molecular complexity index is 1280. The predicted octanol–water partition coefficient (Wildman–Crippen LogP) is 6.15. The van der Waals surface area contributed by atoms with Crippen LogP contribution in [0.2, 0.25) is 0 Å². The zero-order valence-electron chi connectivity index (χ0n) is 21.0. The Morgan fingerprint density at radius 1 is 1.28 bits per heavy atom. The molecular formula is C27H31N5O2S2. The van der Waals surface area contributed by atoms with Crippen molar-refractivity contribution in [2.24, 2.45) is 0 Å². The fourth-order valence-electron chi connectivity index (χ4n) is 4.51. The van der Waals surface area contributed by atoms with Gasteiger partial charge in [0.1, 0.15) is 16.8 Å². The highest BCUT2D eigenvalue weighted by molar-refractivity contribution is 7.99. The first-order chi connectivity index (χ1) is 17.4. The van der Waals surface area contributed by atoms with Crippen molar-refractivity contribution < 1.29 is 9.53 Å². The van der Waals surface area contributed by atoms with Crippen LogP contribution in [0.3, 0.4) is 0 Å². The number of fused-ring (bicyclic) bond motifs is 1. The second-order valence-electron chi connectivity index (χ2n) is 9.04. The fraction of sp³-hybridized carbons (Fsp3) is 0.407. The van der Waals surface area contributed by atoms with Gasteiger partial charge in [0.05, 0.1) is 11.3 Å². The molecule has 36 heavy (non-hydrogen) atoms. The lowest BCUT2D eigenvalue weighted by molar-refractivity contribution is -0.113. The van der Waals surface area contributed by atoms with Crippen LogP contribution in [0.1, 0.15) is 65.2 Å². The SMILES string of the molecule is C=CCn1c(SCC(=O)Nc2sc3c(c2C#N)CCCCC3)nnc1C(C)Oc1cc(C)cc(C)c1. The predicted molar refractivity (Wildman–Crippen MR) is 145 cm³/mol. The maximum Gasteiger partial charge on any atom is 0.235 e. The van der Waals surface area contributed by atoms with Crippen LogP contribution in [0, 0.1) is 25.2 Å². The van der Waals surface area contributed by atoms with E-state index >= 15 is 0 Å². The molecule has 0 saturated carbocycles. The number of hydrogen-bond donors (Lipinski definition) is 1. The van der Waals surface area contributed by atoms with E-state index in [-0.39, 0.29) is 17.8 Å². The summed E-state index contributed by atoms with van der Waals surface area (Å²) < 4.78 is 8.09. The first-order valence-electron chi connectivity index (χ1n) is 12.2. The van der Waals surface area contributed by atoms with Crippen LogP contribution in [0.5, 0.6) is 5.75 Å². The maximum atomic E-state index is 12.8. The summed E-state index contributed by atoms with van der Waals surface area (Å²) in [6.07, 6.45) is 6.75. The maximum absolute atomic E-state index is 12.8. The molecule has 1 aliphatic rings. The standard InChI is InChI=1S/C27H31N5O2S2/c1-5-11-32-25(19(4)34-20-13-17(2)12-18(3)14-20)30-31-27(32)35-16-24(33)29-26-22(15-28)21-9-7-6-8-10-23(21)36-26/h5,12-14,19H,1,6-11,16H2,2-4H3,(H,29,33). The molecular weight excluding hydrogens is 490 g/mol. The van der Waals surface area contributed by atoms with Crippen LogP contribution < -0.4 is 10.1 Å². The monoisotopic (exact) mass is 521 g/mol. The number of rotatable bonds is 9. The average Bonchev–Trinajstić information content (AvgIpc) is 3.29. The van der Waals surface area contributed by atoms with Crippen LogP contribution in [0.15, 0.2) is 36.0 Å². The number of nitrogens with one attached hydrogen (secondary N) is 1. The number of nitrogens with zero attached hydrogens (tertiary/aromatic N) is 4. The Balaban J connectivity index is 1.44. The van der Waals surface area contributed by atoms with E-state index < -0.39 is 0 Å². The molecule has 0 bridgehead atoms. The van der Waals surface area contributed by atoms with Crippen molar-refractivity contribution in [3.8, 4) is 11.8 Å². The molecule has 1 aliphatic carbocycles. The van der Waals surface area contributed by atoms with Gasteiger partial charge in [-0.15, -0.1) is 28.1 Å². The van der Waals surface area contributed by atoms with E-state index in [9.17, 15) is 10.1 Å². The number of carbonyl (C=O) groups is 1. The number of aromatic nitrogens is 3. The lowest BCUT2D eigenvalue weighted by Crippen LogP contribution is -2.15. The van der Waals surface area contributed by atoms with Crippen LogP contribution in [-0.4, -0.2) is 26.4 Å². The van der Waals surface area contributed by atoms with Crippen molar-refractivity contribution in [2.75, 3.05) is 11.1 Å². The number of anilines is 1. The van der Waals surface area contributed by atoms with E-state index in [4.69, 9.17) is 4.74 Å². The van der Waals surface area contributed by atoms with Gasteiger partial charge in [0.15, 0.2) is 17.1 Å². The molecule has 9 heteroatoms. The van der Waals surface area contributed by atoms with Crippen molar-refractivity contribution in [3.63, 3.8) is 0 Å².